The summed E-state index contributed by atoms with van der Waals surface area (Å²) in [7, 11) is 0. The number of nitrogens with one attached hydrogen (secondary N) is 1. The highest BCUT2D eigenvalue weighted by Crippen LogP contribution is 2.34. The molecule has 4 nitrogen and oxygen atoms in total. The lowest BCUT2D eigenvalue weighted by Crippen LogP contribution is -2.45. The first-order valence-corrected chi connectivity index (χ1v) is 10.2. The van der Waals surface area contributed by atoms with Crippen LogP contribution in [0.4, 0.5) is 10.5 Å². The van der Waals surface area contributed by atoms with Gasteiger partial charge in [-0.3, -0.25) is 10.2 Å². The Morgan fingerprint density at radius 3 is 2.43 bits per heavy atom. The summed E-state index contributed by atoms with van der Waals surface area (Å²) < 4.78 is 5.34. The number of benzene rings is 2. The molecule has 0 spiro atoms. The Hall–Kier alpha value is -2.33. The van der Waals surface area contributed by atoms with Gasteiger partial charge in [0.25, 0.3) is 0 Å². The zero-order valence-corrected chi connectivity index (χ0v) is 17.5. The molecule has 0 aromatic heterocycles. The monoisotopic (exact) mass is 380 g/mol. The maximum absolute atomic E-state index is 12.2. The smallest absolute Gasteiger partial charge is 0.411 e. The molecule has 1 amide bonds. The minimum atomic E-state index is -0.416. The van der Waals surface area contributed by atoms with Crippen molar-refractivity contribution in [2.24, 2.45) is 0 Å². The lowest BCUT2D eigenvalue weighted by atomic mass is 9.85. The van der Waals surface area contributed by atoms with Crippen molar-refractivity contribution in [3.8, 4) is 0 Å². The van der Waals surface area contributed by atoms with E-state index in [1.54, 1.807) is 0 Å². The maximum Gasteiger partial charge on any atom is 0.411 e. The standard InChI is InChI=1S/C24H32N2O2/c1-18-10-11-21(25-23(27)28-17-19-8-6-5-7-9-19)16-22(18)20-12-14-26(15-13-20)24(2,3)4/h5-11,16,20H,12-15,17H2,1-4H3,(H,25,27). The average Bonchev–Trinajstić information content (AvgIpc) is 2.68. The summed E-state index contributed by atoms with van der Waals surface area (Å²) in [5, 5.41) is 2.88. The number of hydrogen-bond acceptors (Lipinski definition) is 3. The van der Waals surface area contributed by atoms with Crippen LogP contribution in [0.5, 0.6) is 0 Å². The second-order valence-corrected chi connectivity index (χ2v) is 8.69. The lowest BCUT2D eigenvalue weighted by Gasteiger charge is -2.41. The molecule has 0 aliphatic carbocycles. The quantitative estimate of drug-likeness (QED) is 0.737. The van der Waals surface area contributed by atoms with Crippen molar-refractivity contribution >= 4 is 11.8 Å². The van der Waals surface area contributed by atoms with Gasteiger partial charge in [-0.2, -0.15) is 0 Å². The van der Waals surface area contributed by atoms with Gasteiger partial charge in [0.2, 0.25) is 0 Å². The van der Waals surface area contributed by atoms with Crippen LogP contribution in [-0.4, -0.2) is 29.6 Å². The van der Waals surface area contributed by atoms with E-state index >= 15 is 0 Å². The van der Waals surface area contributed by atoms with E-state index in [0.29, 0.717) is 5.92 Å². The minimum Gasteiger partial charge on any atom is -0.444 e. The average molecular weight is 381 g/mol. The van der Waals surface area contributed by atoms with E-state index in [1.807, 2.05) is 36.4 Å². The molecule has 2 aromatic carbocycles. The van der Waals surface area contributed by atoms with Crippen molar-refractivity contribution in [2.75, 3.05) is 18.4 Å². The number of carbonyl (C=O) groups is 1. The molecule has 28 heavy (non-hydrogen) atoms. The van der Waals surface area contributed by atoms with Crippen LogP contribution < -0.4 is 5.32 Å². The molecule has 1 fully saturated rings. The van der Waals surface area contributed by atoms with E-state index in [9.17, 15) is 4.79 Å². The van der Waals surface area contributed by atoms with Gasteiger partial charge in [0.05, 0.1) is 0 Å². The highest BCUT2D eigenvalue weighted by atomic mass is 16.5. The highest BCUT2D eigenvalue weighted by Gasteiger charge is 2.28. The van der Waals surface area contributed by atoms with Crippen LogP contribution in [0.3, 0.4) is 0 Å². The number of rotatable bonds is 4. The Morgan fingerprint density at radius 1 is 1.11 bits per heavy atom. The summed E-state index contributed by atoms with van der Waals surface area (Å²) >= 11 is 0. The molecule has 0 unspecified atom stereocenters. The third kappa shape index (κ3) is 5.35. The Labute approximate surface area is 168 Å². The van der Waals surface area contributed by atoms with Crippen molar-refractivity contribution in [1.82, 2.24) is 4.90 Å². The Kier molecular flexibility index (Phi) is 6.40. The molecule has 150 valence electrons. The predicted molar refractivity (Wildman–Crippen MR) is 115 cm³/mol. The highest BCUT2D eigenvalue weighted by molar-refractivity contribution is 5.84. The zero-order chi connectivity index (χ0) is 20.1. The number of amides is 1. The summed E-state index contributed by atoms with van der Waals surface area (Å²) in [5.74, 6) is 0.542. The van der Waals surface area contributed by atoms with Gasteiger partial charge in [0, 0.05) is 11.2 Å². The fourth-order valence-corrected chi connectivity index (χ4v) is 3.90. The van der Waals surface area contributed by atoms with Crippen LogP contribution in [-0.2, 0) is 11.3 Å². The molecule has 0 bridgehead atoms. The van der Waals surface area contributed by atoms with Gasteiger partial charge >= 0.3 is 6.09 Å². The number of likely N-dealkylation sites (tertiary alicyclic amines) is 1. The van der Waals surface area contributed by atoms with E-state index in [-0.39, 0.29) is 12.1 Å². The molecular formula is C24H32N2O2. The van der Waals surface area contributed by atoms with Gasteiger partial charge in [-0.1, -0.05) is 36.4 Å². The van der Waals surface area contributed by atoms with Crippen LogP contribution in [0.1, 0.15) is 56.2 Å². The van der Waals surface area contributed by atoms with Gasteiger partial charge in [-0.05, 0) is 88.4 Å². The van der Waals surface area contributed by atoms with Gasteiger partial charge in [0.15, 0.2) is 0 Å². The molecule has 0 atom stereocenters. The molecule has 0 saturated carbocycles. The molecule has 4 heteroatoms. The van der Waals surface area contributed by atoms with E-state index in [2.05, 4.69) is 50.0 Å². The van der Waals surface area contributed by atoms with E-state index in [1.165, 1.54) is 11.1 Å². The second-order valence-electron chi connectivity index (χ2n) is 8.69. The van der Waals surface area contributed by atoms with Crippen molar-refractivity contribution in [1.29, 1.82) is 0 Å². The number of hydrogen-bond donors (Lipinski definition) is 1. The first-order valence-electron chi connectivity index (χ1n) is 10.2. The van der Waals surface area contributed by atoms with Crippen molar-refractivity contribution in [3.63, 3.8) is 0 Å². The summed E-state index contributed by atoms with van der Waals surface area (Å²) in [6.45, 7) is 11.5. The Balaban J connectivity index is 1.59. The van der Waals surface area contributed by atoms with Gasteiger partial charge in [0.1, 0.15) is 6.61 Å². The van der Waals surface area contributed by atoms with Crippen LogP contribution in [0.15, 0.2) is 48.5 Å². The van der Waals surface area contributed by atoms with Crippen LogP contribution in [0.2, 0.25) is 0 Å². The first kappa shape index (κ1) is 20.4. The molecule has 3 rings (SSSR count). The second kappa shape index (κ2) is 8.78. The third-order valence-corrected chi connectivity index (χ3v) is 5.62. The largest absolute Gasteiger partial charge is 0.444 e. The molecule has 1 N–H and O–H groups in total. The topological polar surface area (TPSA) is 41.6 Å². The van der Waals surface area contributed by atoms with Crippen LogP contribution in [0.25, 0.3) is 0 Å². The molecule has 1 heterocycles. The normalized spacial score (nSPS) is 16.0. The summed E-state index contributed by atoms with van der Waals surface area (Å²) in [6.07, 6.45) is 1.89. The van der Waals surface area contributed by atoms with Gasteiger partial charge < -0.3 is 4.74 Å². The lowest BCUT2D eigenvalue weighted by molar-refractivity contribution is 0.102. The number of carbonyl (C=O) groups excluding carboxylic acids is 1. The number of aryl methyl sites for hydroxylation is 1. The summed E-state index contributed by atoms with van der Waals surface area (Å²) in [5.41, 5.74) is 4.64. The molecule has 2 aromatic rings. The van der Waals surface area contributed by atoms with Crippen LogP contribution in [0, 0.1) is 6.92 Å². The SMILES string of the molecule is Cc1ccc(NC(=O)OCc2ccccc2)cc1C1CCN(C(C)(C)C)CC1. The Bertz CT molecular complexity index is 788. The van der Waals surface area contributed by atoms with Crippen molar-refractivity contribution in [2.45, 2.75) is 58.6 Å². The minimum absolute atomic E-state index is 0.228. The number of nitrogens with zero attached hydrogens (tertiary/aromatic N) is 1. The van der Waals surface area contributed by atoms with E-state index in [0.717, 1.165) is 37.2 Å². The van der Waals surface area contributed by atoms with Gasteiger partial charge in [-0.15, -0.1) is 0 Å². The maximum atomic E-state index is 12.2. The van der Waals surface area contributed by atoms with E-state index in [4.69, 9.17) is 4.74 Å². The zero-order valence-electron chi connectivity index (χ0n) is 17.5. The van der Waals surface area contributed by atoms with E-state index < -0.39 is 6.09 Å². The van der Waals surface area contributed by atoms with Crippen molar-refractivity contribution in [3.05, 3.63) is 65.2 Å². The van der Waals surface area contributed by atoms with Crippen LogP contribution >= 0.6 is 0 Å². The Morgan fingerprint density at radius 2 is 1.79 bits per heavy atom. The third-order valence-electron chi connectivity index (χ3n) is 5.62. The number of piperidine rings is 1. The molecule has 1 saturated heterocycles. The van der Waals surface area contributed by atoms with Crippen molar-refractivity contribution < 1.29 is 9.53 Å². The molecule has 0 radical (unpaired) electrons. The van der Waals surface area contributed by atoms with Gasteiger partial charge in [-0.25, -0.2) is 4.79 Å². The molecule has 1 aliphatic rings. The summed E-state index contributed by atoms with van der Waals surface area (Å²) in [6, 6.07) is 15.9. The number of anilines is 1. The first-order chi connectivity index (χ1) is 13.3. The molecule has 1 aliphatic heterocycles. The molecular weight excluding hydrogens is 348 g/mol. The fourth-order valence-electron chi connectivity index (χ4n) is 3.90. The number of ether oxygens (including phenoxy) is 1. The predicted octanol–water partition coefficient (Wildman–Crippen LogP) is 5.72. The summed E-state index contributed by atoms with van der Waals surface area (Å²) in [4.78, 5) is 14.7. The fraction of sp³-hybridized carbons (Fsp3) is 0.458.